The third kappa shape index (κ3) is 5.26. The Hall–Kier alpha value is -1.96. The maximum Gasteiger partial charge on any atom is 0.240 e. The van der Waals surface area contributed by atoms with Crippen LogP contribution in [0.4, 0.5) is 5.69 Å². The number of rotatable bonds is 7. The van der Waals surface area contributed by atoms with Crippen molar-refractivity contribution in [1.29, 1.82) is 0 Å². The van der Waals surface area contributed by atoms with Crippen molar-refractivity contribution in [1.82, 2.24) is 4.72 Å². The molecule has 2 aromatic rings. The lowest BCUT2D eigenvalue weighted by Crippen LogP contribution is -2.26. The fourth-order valence-electron chi connectivity index (χ4n) is 2.34. The maximum absolute atomic E-state index is 12.5. The van der Waals surface area contributed by atoms with Crippen LogP contribution in [0, 0.1) is 6.92 Å². The van der Waals surface area contributed by atoms with Gasteiger partial charge in [-0.15, -0.1) is 12.4 Å². The molecule has 2 aromatic carbocycles. The van der Waals surface area contributed by atoms with Crippen molar-refractivity contribution in [2.75, 3.05) is 26.5 Å². The normalized spacial score (nSPS) is 10.8. The quantitative estimate of drug-likeness (QED) is 0.713. The summed E-state index contributed by atoms with van der Waals surface area (Å²) >= 11 is 0. The van der Waals surface area contributed by atoms with Crippen LogP contribution in [-0.2, 0) is 16.4 Å². The zero-order valence-electron chi connectivity index (χ0n) is 14.4. The topological polar surface area (TPSA) is 90.7 Å². The Bertz CT molecular complexity index is 808. The first kappa shape index (κ1) is 21.1. The van der Waals surface area contributed by atoms with Crippen LogP contribution in [0.2, 0.25) is 0 Å². The first-order valence-corrected chi connectivity index (χ1v) is 8.92. The van der Waals surface area contributed by atoms with Gasteiger partial charge in [0, 0.05) is 18.3 Å². The molecule has 0 saturated heterocycles. The molecule has 8 heteroatoms. The SMILES string of the molecule is COc1cc(C)c(S(=O)(=O)NCCc2ccc(N)cc2)cc1OC.Cl. The molecule has 0 unspecified atom stereocenters. The third-order valence-corrected chi connectivity index (χ3v) is 5.26. The molecule has 0 bridgehead atoms. The van der Waals surface area contributed by atoms with Gasteiger partial charge in [-0.3, -0.25) is 0 Å². The molecule has 0 aliphatic heterocycles. The van der Waals surface area contributed by atoms with Gasteiger partial charge in [0.15, 0.2) is 11.5 Å². The summed E-state index contributed by atoms with van der Waals surface area (Å²) in [7, 11) is -0.656. The maximum atomic E-state index is 12.5. The molecule has 0 amide bonds. The Labute approximate surface area is 154 Å². The first-order chi connectivity index (χ1) is 11.4. The van der Waals surface area contributed by atoms with Crippen LogP contribution in [0.3, 0.4) is 0 Å². The molecule has 0 saturated carbocycles. The summed E-state index contributed by atoms with van der Waals surface area (Å²) in [5, 5.41) is 0. The van der Waals surface area contributed by atoms with Crippen LogP contribution in [-0.4, -0.2) is 29.2 Å². The van der Waals surface area contributed by atoms with Crippen molar-refractivity contribution in [3.05, 3.63) is 47.5 Å². The monoisotopic (exact) mass is 386 g/mol. The molecular formula is C17H23ClN2O4S. The van der Waals surface area contributed by atoms with E-state index in [1.165, 1.54) is 20.3 Å². The van der Waals surface area contributed by atoms with Gasteiger partial charge in [-0.2, -0.15) is 0 Å². The predicted octanol–water partition coefficient (Wildman–Crippen LogP) is 2.54. The van der Waals surface area contributed by atoms with Gasteiger partial charge in [0.2, 0.25) is 10.0 Å². The average molecular weight is 387 g/mol. The number of hydrogen-bond donors (Lipinski definition) is 2. The predicted molar refractivity (Wildman–Crippen MR) is 101 cm³/mol. The molecular weight excluding hydrogens is 364 g/mol. The number of hydrogen-bond acceptors (Lipinski definition) is 5. The average Bonchev–Trinajstić information content (AvgIpc) is 2.56. The van der Waals surface area contributed by atoms with Crippen LogP contribution >= 0.6 is 12.4 Å². The van der Waals surface area contributed by atoms with Crippen molar-refractivity contribution in [2.45, 2.75) is 18.2 Å². The molecule has 2 rings (SSSR count). The first-order valence-electron chi connectivity index (χ1n) is 7.44. The zero-order chi connectivity index (χ0) is 17.7. The minimum Gasteiger partial charge on any atom is -0.493 e. The van der Waals surface area contributed by atoms with Gasteiger partial charge in [-0.05, 0) is 42.7 Å². The van der Waals surface area contributed by atoms with Gasteiger partial charge in [0.25, 0.3) is 0 Å². The molecule has 138 valence electrons. The highest BCUT2D eigenvalue weighted by atomic mass is 35.5. The fraction of sp³-hybridized carbons (Fsp3) is 0.294. The number of anilines is 1. The number of ether oxygens (including phenoxy) is 2. The number of sulfonamides is 1. The van der Waals surface area contributed by atoms with Gasteiger partial charge in [-0.1, -0.05) is 12.1 Å². The van der Waals surface area contributed by atoms with Crippen LogP contribution in [0.15, 0.2) is 41.3 Å². The largest absolute Gasteiger partial charge is 0.493 e. The lowest BCUT2D eigenvalue weighted by atomic mass is 10.1. The number of nitrogens with two attached hydrogens (primary N) is 1. The van der Waals surface area contributed by atoms with E-state index >= 15 is 0 Å². The molecule has 0 atom stereocenters. The minimum atomic E-state index is -3.64. The van der Waals surface area contributed by atoms with Gasteiger partial charge in [-0.25, -0.2) is 13.1 Å². The minimum absolute atomic E-state index is 0. The zero-order valence-corrected chi connectivity index (χ0v) is 16.0. The second-order valence-electron chi connectivity index (χ2n) is 5.36. The molecule has 6 nitrogen and oxygen atoms in total. The fourth-order valence-corrected chi connectivity index (χ4v) is 3.61. The number of methoxy groups -OCH3 is 2. The van der Waals surface area contributed by atoms with Gasteiger partial charge >= 0.3 is 0 Å². The van der Waals surface area contributed by atoms with Crippen LogP contribution < -0.4 is 19.9 Å². The summed E-state index contributed by atoms with van der Waals surface area (Å²) in [4.78, 5) is 0.178. The summed E-state index contributed by atoms with van der Waals surface area (Å²) in [5.41, 5.74) is 7.92. The van der Waals surface area contributed by atoms with E-state index in [4.69, 9.17) is 15.2 Å². The van der Waals surface area contributed by atoms with Gasteiger partial charge in [0.1, 0.15) is 0 Å². The van der Waals surface area contributed by atoms with E-state index in [0.29, 0.717) is 35.7 Å². The van der Waals surface area contributed by atoms with Crippen LogP contribution in [0.25, 0.3) is 0 Å². The summed E-state index contributed by atoms with van der Waals surface area (Å²) in [5.74, 6) is 0.873. The molecule has 0 spiro atoms. The second-order valence-corrected chi connectivity index (χ2v) is 7.10. The molecule has 0 aromatic heterocycles. The molecule has 3 N–H and O–H groups in total. The van der Waals surface area contributed by atoms with E-state index in [1.807, 2.05) is 12.1 Å². The Balaban J connectivity index is 0.00000312. The highest BCUT2D eigenvalue weighted by molar-refractivity contribution is 7.89. The number of aryl methyl sites for hydroxylation is 1. The van der Waals surface area contributed by atoms with E-state index in [1.54, 1.807) is 25.1 Å². The number of nitrogen functional groups attached to an aromatic ring is 1. The summed E-state index contributed by atoms with van der Waals surface area (Å²) in [6.07, 6.45) is 0.575. The highest BCUT2D eigenvalue weighted by Crippen LogP contribution is 2.32. The summed E-state index contributed by atoms with van der Waals surface area (Å²) < 4.78 is 38.1. The van der Waals surface area contributed by atoms with Gasteiger partial charge in [0.05, 0.1) is 19.1 Å². The van der Waals surface area contributed by atoms with Crippen LogP contribution in [0.1, 0.15) is 11.1 Å². The van der Waals surface area contributed by atoms with Crippen molar-refractivity contribution in [2.24, 2.45) is 0 Å². The molecule has 0 fully saturated rings. The second kappa shape index (κ2) is 8.94. The molecule has 0 aliphatic carbocycles. The molecule has 0 radical (unpaired) electrons. The van der Waals surface area contributed by atoms with Crippen molar-refractivity contribution < 1.29 is 17.9 Å². The third-order valence-electron chi connectivity index (χ3n) is 3.66. The van der Waals surface area contributed by atoms with Crippen LogP contribution in [0.5, 0.6) is 11.5 Å². The standard InChI is InChI=1S/C17H22N2O4S.ClH/c1-12-10-15(22-2)16(23-3)11-17(12)24(20,21)19-9-8-13-4-6-14(18)7-5-13;/h4-7,10-11,19H,8-9,18H2,1-3H3;1H. The van der Waals surface area contributed by atoms with E-state index in [2.05, 4.69) is 4.72 Å². The Kier molecular flexibility index (Phi) is 7.54. The highest BCUT2D eigenvalue weighted by Gasteiger charge is 2.19. The van der Waals surface area contributed by atoms with Crippen molar-refractivity contribution >= 4 is 28.1 Å². The molecule has 0 aliphatic rings. The molecule has 0 heterocycles. The van der Waals surface area contributed by atoms with E-state index < -0.39 is 10.0 Å². The van der Waals surface area contributed by atoms with E-state index in [-0.39, 0.29) is 17.3 Å². The number of halogens is 1. The summed E-state index contributed by atoms with van der Waals surface area (Å²) in [6.45, 7) is 2.01. The molecule has 25 heavy (non-hydrogen) atoms. The van der Waals surface area contributed by atoms with Gasteiger partial charge < -0.3 is 15.2 Å². The Morgan fingerprint density at radius 2 is 1.60 bits per heavy atom. The number of nitrogens with one attached hydrogen (secondary N) is 1. The lowest BCUT2D eigenvalue weighted by molar-refractivity contribution is 0.353. The van der Waals surface area contributed by atoms with Crippen molar-refractivity contribution in [3.63, 3.8) is 0 Å². The number of benzene rings is 2. The van der Waals surface area contributed by atoms with Crippen molar-refractivity contribution in [3.8, 4) is 11.5 Å². The van der Waals surface area contributed by atoms with E-state index in [9.17, 15) is 8.42 Å². The Morgan fingerprint density at radius 3 is 2.16 bits per heavy atom. The summed E-state index contributed by atoms with van der Waals surface area (Å²) in [6, 6.07) is 10.5. The lowest BCUT2D eigenvalue weighted by Gasteiger charge is -2.14. The Morgan fingerprint density at radius 1 is 1.04 bits per heavy atom. The smallest absolute Gasteiger partial charge is 0.240 e. The van der Waals surface area contributed by atoms with E-state index in [0.717, 1.165) is 5.56 Å².